The number of unbranched alkanes of at least 4 members (excludes halogenated alkanes) is 35. The molecule has 6 nitrogen and oxygen atoms in total. The summed E-state index contributed by atoms with van der Waals surface area (Å²) in [5.74, 6) is -0.902. The first-order valence-corrected chi connectivity index (χ1v) is 35.4. The second-order valence-corrected chi connectivity index (χ2v) is 23.4. The van der Waals surface area contributed by atoms with Crippen molar-refractivity contribution in [3.8, 4) is 0 Å². The Morgan fingerprint density at radius 1 is 0.253 bits per heavy atom. The molecule has 1 unspecified atom stereocenters. The SMILES string of the molecule is CC/C=C\C/C=C\C/C=C\C/C=C\C/C=C\CCCCCCCC(=O)OC(COC(=O)CCCCCCCCC/C=C\C/C=C\CCCCC)COC(=O)CCCCCCCCCCCCCCCCC/C=C\C/C=C\CCCCCCC. The smallest absolute Gasteiger partial charge is 0.306 e. The first-order valence-electron chi connectivity index (χ1n) is 35.4. The van der Waals surface area contributed by atoms with Crippen LogP contribution >= 0.6 is 0 Å². The molecule has 0 saturated carbocycles. The van der Waals surface area contributed by atoms with Gasteiger partial charge in [0, 0.05) is 19.3 Å². The number of allylic oxidation sites excluding steroid dienone is 18. The van der Waals surface area contributed by atoms with Gasteiger partial charge in [-0.3, -0.25) is 14.4 Å². The third kappa shape index (κ3) is 68.7. The van der Waals surface area contributed by atoms with Crippen molar-refractivity contribution in [2.24, 2.45) is 0 Å². The minimum absolute atomic E-state index is 0.0880. The molecular formula is C77H132O6. The van der Waals surface area contributed by atoms with Crippen LogP contribution in [0.2, 0.25) is 0 Å². The van der Waals surface area contributed by atoms with Gasteiger partial charge in [0.15, 0.2) is 6.10 Å². The Labute approximate surface area is 514 Å². The molecule has 0 aromatic heterocycles. The fourth-order valence-corrected chi connectivity index (χ4v) is 9.94. The van der Waals surface area contributed by atoms with E-state index in [1.54, 1.807) is 0 Å². The highest BCUT2D eigenvalue weighted by Gasteiger charge is 2.19. The van der Waals surface area contributed by atoms with Crippen molar-refractivity contribution in [1.82, 2.24) is 0 Å². The molecule has 0 spiro atoms. The summed E-state index contributed by atoms with van der Waals surface area (Å²) in [6, 6.07) is 0. The first-order chi connectivity index (χ1) is 41.0. The summed E-state index contributed by atoms with van der Waals surface area (Å²) < 4.78 is 17.0. The Morgan fingerprint density at radius 2 is 0.470 bits per heavy atom. The van der Waals surface area contributed by atoms with E-state index in [1.807, 2.05) is 0 Å². The average molecular weight is 1150 g/mol. The second kappa shape index (κ2) is 70.6. The summed E-state index contributed by atoms with van der Waals surface area (Å²) in [5.41, 5.74) is 0. The van der Waals surface area contributed by atoms with Gasteiger partial charge in [0.1, 0.15) is 13.2 Å². The molecule has 0 heterocycles. The molecule has 0 bridgehead atoms. The lowest BCUT2D eigenvalue weighted by atomic mass is 10.0. The number of rotatable bonds is 64. The zero-order valence-electron chi connectivity index (χ0n) is 54.7. The van der Waals surface area contributed by atoms with E-state index in [2.05, 4.69) is 130 Å². The van der Waals surface area contributed by atoms with Crippen LogP contribution in [0.3, 0.4) is 0 Å². The molecule has 0 saturated heterocycles. The van der Waals surface area contributed by atoms with Crippen LogP contribution in [-0.2, 0) is 28.6 Å². The fraction of sp³-hybridized carbons (Fsp3) is 0.727. The van der Waals surface area contributed by atoms with Crippen molar-refractivity contribution >= 4 is 17.9 Å². The predicted octanol–water partition coefficient (Wildman–Crippen LogP) is 24.6. The van der Waals surface area contributed by atoms with Gasteiger partial charge < -0.3 is 14.2 Å². The zero-order valence-corrected chi connectivity index (χ0v) is 54.7. The molecule has 1 atom stereocenters. The molecule has 0 aromatic carbocycles. The van der Waals surface area contributed by atoms with Crippen LogP contribution in [0.4, 0.5) is 0 Å². The number of ether oxygens (including phenoxy) is 3. The predicted molar refractivity (Wildman–Crippen MR) is 362 cm³/mol. The Hall–Kier alpha value is -3.93. The van der Waals surface area contributed by atoms with E-state index in [1.165, 1.54) is 173 Å². The van der Waals surface area contributed by atoms with Crippen LogP contribution < -0.4 is 0 Å². The monoisotopic (exact) mass is 1150 g/mol. The lowest BCUT2D eigenvalue weighted by Gasteiger charge is -2.18. The van der Waals surface area contributed by atoms with Crippen LogP contribution in [-0.4, -0.2) is 37.2 Å². The van der Waals surface area contributed by atoms with Crippen LogP contribution in [0.25, 0.3) is 0 Å². The first kappa shape index (κ1) is 79.1. The number of hydrogen-bond donors (Lipinski definition) is 0. The van der Waals surface area contributed by atoms with Gasteiger partial charge in [-0.05, 0) is 128 Å². The standard InChI is InChI=1S/C77H132O6/c1-4-7-10-13-16-19-22-25-28-31-33-35-36-37-38-39-40-42-43-46-49-52-55-58-61-64-67-70-76(79)82-73-74(72-81-75(78)69-66-63-60-57-54-51-48-45-30-27-24-21-18-15-12-9-6-3)83-77(80)71-68-65-62-59-56-53-50-47-44-41-34-32-29-26-23-20-17-14-11-8-5-2/h8,11,17-18,20-22,25-27,29-31,33-34,41,47,50,74H,4-7,9-10,12-16,19,23-24,28,32,35-40,42-46,48-49,51-73H2,1-3H3/b11-8-,20-17-,21-18-,25-22-,29-26-,30-27-,33-31-,41-34-,50-47-. The minimum atomic E-state index is -0.796. The van der Waals surface area contributed by atoms with E-state index in [0.717, 1.165) is 128 Å². The van der Waals surface area contributed by atoms with Crippen LogP contribution in [0.15, 0.2) is 109 Å². The van der Waals surface area contributed by atoms with Crippen LogP contribution in [0.5, 0.6) is 0 Å². The molecule has 0 amide bonds. The third-order valence-electron chi connectivity index (χ3n) is 15.2. The number of carbonyl (C=O) groups excluding carboxylic acids is 3. The van der Waals surface area contributed by atoms with Gasteiger partial charge in [-0.1, -0.05) is 304 Å². The fourth-order valence-electron chi connectivity index (χ4n) is 9.94. The van der Waals surface area contributed by atoms with Crippen molar-refractivity contribution in [2.45, 2.75) is 348 Å². The van der Waals surface area contributed by atoms with Crippen LogP contribution in [0.1, 0.15) is 342 Å². The summed E-state index contributed by atoms with van der Waals surface area (Å²) in [4.78, 5) is 38.5. The van der Waals surface area contributed by atoms with E-state index >= 15 is 0 Å². The molecule has 476 valence electrons. The van der Waals surface area contributed by atoms with Crippen molar-refractivity contribution in [3.05, 3.63) is 109 Å². The second-order valence-electron chi connectivity index (χ2n) is 23.4. The number of esters is 3. The van der Waals surface area contributed by atoms with Gasteiger partial charge in [-0.15, -0.1) is 0 Å². The molecule has 0 aliphatic carbocycles. The Morgan fingerprint density at radius 3 is 0.759 bits per heavy atom. The zero-order chi connectivity index (χ0) is 59.9. The van der Waals surface area contributed by atoms with Crippen molar-refractivity contribution in [2.75, 3.05) is 13.2 Å². The quantitative estimate of drug-likeness (QED) is 0.0261. The molecule has 0 aromatic rings. The number of hydrogen-bond acceptors (Lipinski definition) is 6. The molecule has 0 N–H and O–H groups in total. The lowest BCUT2D eigenvalue weighted by Crippen LogP contribution is -2.30. The van der Waals surface area contributed by atoms with E-state index < -0.39 is 6.10 Å². The molecule has 0 rings (SSSR count). The summed E-state index contributed by atoms with van der Waals surface area (Å²) in [7, 11) is 0. The van der Waals surface area contributed by atoms with E-state index in [0.29, 0.717) is 19.3 Å². The van der Waals surface area contributed by atoms with Crippen LogP contribution in [0, 0.1) is 0 Å². The average Bonchev–Trinajstić information content (AvgIpc) is 3.50. The van der Waals surface area contributed by atoms with Gasteiger partial charge in [0.2, 0.25) is 0 Å². The van der Waals surface area contributed by atoms with Crippen molar-refractivity contribution in [3.63, 3.8) is 0 Å². The Balaban J connectivity index is 4.37. The highest BCUT2D eigenvalue weighted by molar-refractivity contribution is 5.71. The van der Waals surface area contributed by atoms with Gasteiger partial charge in [-0.25, -0.2) is 0 Å². The molecule has 0 aliphatic heterocycles. The lowest BCUT2D eigenvalue weighted by molar-refractivity contribution is -0.167. The van der Waals surface area contributed by atoms with E-state index in [-0.39, 0.29) is 31.1 Å². The molecule has 0 radical (unpaired) electrons. The topological polar surface area (TPSA) is 78.9 Å². The Kier molecular flexibility index (Phi) is 67.2. The molecular weight excluding hydrogens is 1020 g/mol. The van der Waals surface area contributed by atoms with Gasteiger partial charge in [-0.2, -0.15) is 0 Å². The molecule has 0 aliphatic rings. The maximum atomic E-state index is 13.0. The van der Waals surface area contributed by atoms with Crippen molar-refractivity contribution in [1.29, 1.82) is 0 Å². The van der Waals surface area contributed by atoms with Gasteiger partial charge in [0.05, 0.1) is 0 Å². The molecule has 6 heteroatoms. The third-order valence-corrected chi connectivity index (χ3v) is 15.2. The van der Waals surface area contributed by atoms with E-state index in [9.17, 15) is 14.4 Å². The summed E-state index contributed by atoms with van der Waals surface area (Å²) in [5, 5.41) is 0. The molecule has 0 fully saturated rings. The highest BCUT2D eigenvalue weighted by Crippen LogP contribution is 2.17. The van der Waals surface area contributed by atoms with Gasteiger partial charge >= 0.3 is 17.9 Å². The Bertz CT molecular complexity index is 1660. The van der Waals surface area contributed by atoms with Crippen molar-refractivity contribution < 1.29 is 28.6 Å². The summed E-state index contributed by atoms with van der Waals surface area (Å²) >= 11 is 0. The maximum Gasteiger partial charge on any atom is 0.306 e. The van der Waals surface area contributed by atoms with Gasteiger partial charge in [0.25, 0.3) is 0 Å². The normalized spacial score (nSPS) is 12.8. The minimum Gasteiger partial charge on any atom is -0.462 e. The molecule has 83 heavy (non-hydrogen) atoms. The summed E-state index contributed by atoms with van der Waals surface area (Å²) in [6.45, 7) is 6.51. The highest BCUT2D eigenvalue weighted by atomic mass is 16.6. The van der Waals surface area contributed by atoms with E-state index in [4.69, 9.17) is 14.2 Å². The number of carbonyl (C=O) groups is 3. The maximum absolute atomic E-state index is 13.0. The summed E-state index contributed by atoms with van der Waals surface area (Å²) in [6.07, 6.45) is 96.8. The largest absolute Gasteiger partial charge is 0.462 e.